The quantitative estimate of drug-likeness (QED) is 0.812. The Hall–Kier alpha value is -1.33. The van der Waals surface area contributed by atoms with Gasteiger partial charge in [0.15, 0.2) is 0 Å². The third-order valence-electron chi connectivity index (χ3n) is 3.83. The Morgan fingerprint density at radius 2 is 2.24 bits per heavy atom. The Balaban J connectivity index is 2.20. The summed E-state index contributed by atoms with van der Waals surface area (Å²) < 4.78 is 15.5. The molecule has 0 spiro atoms. The molecule has 1 unspecified atom stereocenters. The predicted molar refractivity (Wildman–Crippen MR) is 80.4 cm³/mol. The van der Waals surface area contributed by atoms with Crippen LogP contribution in [0.4, 0.5) is 4.39 Å². The van der Waals surface area contributed by atoms with Gasteiger partial charge in [0, 0.05) is 32.0 Å². The number of fused-ring (bicyclic) bond motifs is 1. The number of alkyl halides is 1. The summed E-state index contributed by atoms with van der Waals surface area (Å²) in [6.45, 7) is 0.693. The number of aryl methyl sites for hydroxylation is 1. The fourth-order valence-electron chi connectivity index (χ4n) is 2.79. The first kappa shape index (κ1) is 14.6. The number of nitrogens with zero attached hydrogens (tertiary/aromatic N) is 3. The molecule has 3 rings (SSSR count). The zero-order valence-electron chi connectivity index (χ0n) is 11.4. The summed E-state index contributed by atoms with van der Waals surface area (Å²) in [5, 5.41) is 0.0277. The minimum atomic E-state index is -0.513. The van der Waals surface area contributed by atoms with Crippen LogP contribution in [0.25, 0.3) is 11.0 Å². The van der Waals surface area contributed by atoms with E-state index in [1.165, 1.54) is 12.1 Å². The molecule has 0 N–H and O–H groups in total. The Bertz CT molecular complexity index is 716. The fourth-order valence-corrected chi connectivity index (χ4v) is 3.12. The van der Waals surface area contributed by atoms with E-state index in [0.717, 1.165) is 0 Å². The van der Waals surface area contributed by atoms with E-state index in [2.05, 4.69) is 4.98 Å². The van der Waals surface area contributed by atoms with Gasteiger partial charge in [0.1, 0.15) is 17.7 Å². The lowest BCUT2D eigenvalue weighted by atomic mass is 10.2. The van der Waals surface area contributed by atoms with E-state index in [0.29, 0.717) is 42.1 Å². The molecule has 0 saturated carbocycles. The van der Waals surface area contributed by atoms with Crippen LogP contribution in [0.5, 0.6) is 0 Å². The second-order valence-corrected chi connectivity index (χ2v) is 5.94. The number of likely N-dealkylation sites (tertiary alicyclic amines) is 1. The van der Waals surface area contributed by atoms with Crippen molar-refractivity contribution in [3.8, 4) is 0 Å². The largest absolute Gasteiger partial charge is 0.344 e. The van der Waals surface area contributed by atoms with Crippen molar-refractivity contribution < 1.29 is 9.18 Å². The molecule has 1 saturated heterocycles. The lowest BCUT2D eigenvalue weighted by Crippen LogP contribution is -2.25. The van der Waals surface area contributed by atoms with Gasteiger partial charge in [-0.15, -0.1) is 11.6 Å². The molecule has 0 bridgehead atoms. The van der Waals surface area contributed by atoms with Crippen LogP contribution in [0.15, 0.2) is 12.1 Å². The predicted octanol–water partition coefficient (Wildman–Crippen LogP) is 3.01. The van der Waals surface area contributed by atoms with Crippen LogP contribution in [0.1, 0.15) is 18.3 Å². The summed E-state index contributed by atoms with van der Waals surface area (Å²) >= 11 is 11.7. The highest BCUT2D eigenvalue weighted by molar-refractivity contribution is 6.31. The zero-order valence-corrected chi connectivity index (χ0v) is 13.0. The highest BCUT2D eigenvalue weighted by Gasteiger charge is 2.33. The van der Waals surface area contributed by atoms with E-state index < -0.39 is 5.82 Å². The zero-order chi connectivity index (χ0) is 15.1. The van der Waals surface area contributed by atoms with Crippen LogP contribution < -0.4 is 0 Å². The molecule has 1 aromatic heterocycles. The molecule has 21 heavy (non-hydrogen) atoms. The van der Waals surface area contributed by atoms with Gasteiger partial charge in [0.05, 0.1) is 16.1 Å². The number of benzene rings is 1. The monoisotopic (exact) mass is 329 g/mol. The molecule has 112 valence electrons. The number of aromatic nitrogens is 2. The molecule has 1 fully saturated rings. The molecular formula is C14H14Cl2FN3O. The van der Waals surface area contributed by atoms with Crippen molar-refractivity contribution in [2.75, 3.05) is 19.5 Å². The van der Waals surface area contributed by atoms with E-state index in [9.17, 15) is 9.18 Å². The number of carbonyl (C=O) groups excluding carboxylic acids is 1. The van der Waals surface area contributed by atoms with Crippen LogP contribution in [-0.2, 0) is 11.2 Å². The van der Waals surface area contributed by atoms with Gasteiger partial charge in [-0.1, -0.05) is 11.6 Å². The first-order valence-electron chi connectivity index (χ1n) is 6.69. The first-order chi connectivity index (χ1) is 10.0. The number of likely N-dealkylation sites (N-methyl/N-ethyl adjacent to an activating group) is 1. The summed E-state index contributed by atoms with van der Waals surface area (Å²) in [4.78, 5) is 18.4. The highest BCUT2D eigenvalue weighted by Crippen LogP contribution is 2.31. The van der Waals surface area contributed by atoms with Gasteiger partial charge in [-0.25, -0.2) is 9.37 Å². The van der Waals surface area contributed by atoms with Crippen LogP contribution in [-0.4, -0.2) is 39.8 Å². The van der Waals surface area contributed by atoms with Crippen LogP contribution in [0.3, 0.4) is 0 Å². The van der Waals surface area contributed by atoms with E-state index in [4.69, 9.17) is 23.2 Å². The Labute approximate surface area is 131 Å². The number of rotatable bonds is 3. The van der Waals surface area contributed by atoms with Gasteiger partial charge < -0.3 is 9.47 Å². The molecule has 1 amide bonds. The van der Waals surface area contributed by atoms with E-state index in [1.807, 2.05) is 4.57 Å². The summed E-state index contributed by atoms with van der Waals surface area (Å²) in [5.41, 5.74) is 1.18. The van der Waals surface area contributed by atoms with E-state index >= 15 is 0 Å². The molecule has 2 heterocycles. The van der Waals surface area contributed by atoms with Gasteiger partial charge in [0.25, 0.3) is 0 Å². The number of hydrogen-bond acceptors (Lipinski definition) is 2. The van der Waals surface area contributed by atoms with Gasteiger partial charge in [0.2, 0.25) is 5.91 Å². The normalized spacial score (nSPS) is 19.0. The highest BCUT2D eigenvalue weighted by atomic mass is 35.5. The first-order valence-corrected chi connectivity index (χ1v) is 7.61. The number of hydrogen-bond donors (Lipinski definition) is 0. The Morgan fingerprint density at radius 1 is 1.48 bits per heavy atom. The molecule has 1 aromatic carbocycles. The van der Waals surface area contributed by atoms with Crippen molar-refractivity contribution in [2.45, 2.75) is 18.9 Å². The van der Waals surface area contributed by atoms with Crippen molar-refractivity contribution in [3.63, 3.8) is 0 Å². The third-order valence-corrected chi connectivity index (χ3v) is 4.31. The van der Waals surface area contributed by atoms with Crippen molar-refractivity contribution in [2.24, 2.45) is 0 Å². The van der Waals surface area contributed by atoms with Gasteiger partial charge in [-0.05, 0) is 12.5 Å². The molecule has 0 radical (unpaired) electrons. The molecule has 1 atom stereocenters. The molecule has 1 aliphatic heterocycles. The summed E-state index contributed by atoms with van der Waals surface area (Å²) in [7, 11) is 1.77. The average Bonchev–Trinajstić information content (AvgIpc) is 2.93. The van der Waals surface area contributed by atoms with Crippen molar-refractivity contribution in [1.82, 2.24) is 14.5 Å². The Morgan fingerprint density at radius 3 is 2.86 bits per heavy atom. The topological polar surface area (TPSA) is 38.1 Å². The van der Waals surface area contributed by atoms with Crippen molar-refractivity contribution in [3.05, 3.63) is 28.8 Å². The standard InChI is InChI=1S/C14H14Cl2FN3O/c1-19-5-3-11(14(19)21)20-12-6-8(16)9(17)7-10(12)18-13(20)2-4-15/h6-7,11H,2-5H2,1H3. The van der Waals surface area contributed by atoms with Gasteiger partial charge in [-0.3, -0.25) is 4.79 Å². The molecule has 2 aromatic rings. The van der Waals surface area contributed by atoms with Gasteiger partial charge >= 0.3 is 0 Å². The molecule has 1 aliphatic rings. The number of carbonyl (C=O) groups is 1. The molecule has 7 heteroatoms. The second kappa shape index (κ2) is 5.46. The lowest BCUT2D eigenvalue weighted by Gasteiger charge is -2.15. The lowest BCUT2D eigenvalue weighted by molar-refractivity contribution is -0.129. The molecule has 4 nitrogen and oxygen atoms in total. The number of halogens is 3. The van der Waals surface area contributed by atoms with Crippen LogP contribution >= 0.6 is 23.2 Å². The SMILES string of the molecule is CN1CCC(n2c(CCCl)nc3cc(F)c(Cl)cc32)C1=O. The number of imidazole rings is 1. The van der Waals surface area contributed by atoms with E-state index in [-0.39, 0.29) is 17.0 Å². The van der Waals surface area contributed by atoms with Gasteiger partial charge in [-0.2, -0.15) is 0 Å². The maximum Gasteiger partial charge on any atom is 0.245 e. The average molecular weight is 330 g/mol. The Kier molecular flexibility index (Phi) is 3.80. The minimum Gasteiger partial charge on any atom is -0.344 e. The maximum atomic E-state index is 13.6. The summed E-state index contributed by atoms with van der Waals surface area (Å²) in [6, 6.07) is 2.51. The van der Waals surface area contributed by atoms with Crippen LogP contribution in [0.2, 0.25) is 5.02 Å². The van der Waals surface area contributed by atoms with Crippen molar-refractivity contribution in [1.29, 1.82) is 0 Å². The minimum absolute atomic E-state index is 0.0277. The fraction of sp³-hybridized carbons (Fsp3) is 0.429. The smallest absolute Gasteiger partial charge is 0.245 e. The second-order valence-electron chi connectivity index (χ2n) is 5.16. The maximum absolute atomic E-state index is 13.6. The summed E-state index contributed by atoms with van der Waals surface area (Å²) in [6.07, 6.45) is 1.22. The number of amides is 1. The third kappa shape index (κ3) is 2.38. The van der Waals surface area contributed by atoms with Crippen LogP contribution in [0, 0.1) is 5.82 Å². The van der Waals surface area contributed by atoms with E-state index in [1.54, 1.807) is 11.9 Å². The molecular weight excluding hydrogens is 316 g/mol. The van der Waals surface area contributed by atoms with Crippen molar-refractivity contribution >= 4 is 40.1 Å². The molecule has 0 aliphatic carbocycles. The summed E-state index contributed by atoms with van der Waals surface area (Å²) in [5.74, 6) is 0.595.